The van der Waals surface area contributed by atoms with E-state index in [9.17, 15) is 0 Å². The summed E-state index contributed by atoms with van der Waals surface area (Å²) in [7, 11) is 0. The number of nitrogens with one attached hydrogen (secondary N) is 1. The van der Waals surface area contributed by atoms with Crippen molar-refractivity contribution in [3.8, 4) is 0 Å². The van der Waals surface area contributed by atoms with Gasteiger partial charge in [0.15, 0.2) is 0 Å². The molecule has 1 aliphatic rings. The fraction of sp³-hybridized carbons (Fsp3) is 1.00. The summed E-state index contributed by atoms with van der Waals surface area (Å²) in [6, 6.07) is 1.27. The maximum atomic E-state index is 4.35. The maximum Gasteiger partial charge on any atom is 0.00122 e. The van der Waals surface area contributed by atoms with E-state index in [0.29, 0.717) is 12.1 Å². The minimum atomic E-state index is 0. The Labute approximate surface area is 94.8 Å². The van der Waals surface area contributed by atoms with Crippen LogP contribution in [0.2, 0.25) is 0 Å². The van der Waals surface area contributed by atoms with Crippen molar-refractivity contribution in [3.63, 3.8) is 0 Å². The average Bonchev–Trinajstić information content (AvgIpc) is 1.88. The van der Waals surface area contributed by atoms with E-state index in [-0.39, 0.29) is 32.7 Å². The molecule has 0 aromatic rings. The van der Waals surface area contributed by atoms with Crippen molar-refractivity contribution >= 4 is 0 Å². The van der Waals surface area contributed by atoms with Crippen LogP contribution in [0, 0.1) is 0 Å². The molecule has 0 bridgehead atoms. The van der Waals surface area contributed by atoms with Crippen LogP contribution in [0.1, 0.15) is 26.7 Å². The Morgan fingerprint density at radius 1 is 1.45 bits per heavy atom. The third kappa shape index (κ3) is 5.29. The van der Waals surface area contributed by atoms with Crippen LogP contribution in [0.25, 0.3) is 5.32 Å². The molecular weight excluding hydrogens is 213 g/mol. The zero-order valence-corrected chi connectivity index (χ0v) is 10.3. The predicted molar refractivity (Wildman–Crippen MR) is 44.4 cm³/mol. The van der Waals surface area contributed by atoms with Crippen molar-refractivity contribution < 1.29 is 32.7 Å². The van der Waals surface area contributed by atoms with Gasteiger partial charge < -0.3 is 10.6 Å². The first-order valence-corrected chi connectivity index (χ1v) is 4.18. The van der Waals surface area contributed by atoms with Crippen molar-refractivity contribution in [1.29, 1.82) is 0 Å². The van der Waals surface area contributed by atoms with Crippen LogP contribution in [-0.4, -0.2) is 25.2 Å². The Morgan fingerprint density at radius 2 is 2.18 bits per heavy atom. The molecule has 1 heterocycles. The van der Waals surface area contributed by atoms with Gasteiger partial charge in [0.25, 0.3) is 0 Å². The molecule has 1 radical (unpaired) electrons. The first kappa shape index (κ1) is 12.0. The molecule has 3 heteroatoms. The first-order valence-electron chi connectivity index (χ1n) is 4.18. The van der Waals surface area contributed by atoms with Crippen molar-refractivity contribution in [2.24, 2.45) is 0 Å². The van der Waals surface area contributed by atoms with E-state index in [4.69, 9.17) is 0 Å². The zero-order chi connectivity index (χ0) is 7.40. The second kappa shape index (κ2) is 6.53. The minimum Gasteiger partial charge on any atom is -0.661 e. The summed E-state index contributed by atoms with van der Waals surface area (Å²) >= 11 is 0. The molecule has 2 nitrogen and oxygen atoms in total. The molecule has 0 amide bonds. The second-order valence-corrected chi connectivity index (χ2v) is 3.29. The van der Waals surface area contributed by atoms with Gasteiger partial charge in [0.1, 0.15) is 0 Å². The van der Waals surface area contributed by atoms with E-state index in [1.165, 1.54) is 12.8 Å². The van der Waals surface area contributed by atoms with E-state index in [1.807, 2.05) is 0 Å². The SMILES string of the molecule is CC(C)NC1CCC[N-]C1.[Y]. The summed E-state index contributed by atoms with van der Waals surface area (Å²) in [6.45, 7) is 6.48. The molecule has 1 fully saturated rings. The van der Waals surface area contributed by atoms with E-state index in [2.05, 4.69) is 24.5 Å². The number of nitrogens with zero attached hydrogens (tertiary/aromatic N) is 1. The summed E-state index contributed by atoms with van der Waals surface area (Å²) in [6.07, 6.45) is 2.58. The summed E-state index contributed by atoms with van der Waals surface area (Å²) in [5, 5.41) is 7.84. The van der Waals surface area contributed by atoms with Gasteiger partial charge in [-0.1, -0.05) is 20.3 Å². The minimum absolute atomic E-state index is 0. The van der Waals surface area contributed by atoms with E-state index in [1.54, 1.807) is 0 Å². The Hall–Kier alpha value is 1.02. The van der Waals surface area contributed by atoms with Crippen LogP contribution < -0.4 is 5.32 Å². The Morgan fingerprint density at radius 3 is 2.64 bits per heavy atom. The number of hydrogen-bond donors (Lipinski definition) is 1. The van der Waals surface area contributed by atoms with E-state index in [0.717, 1.165) is 13.1 Å². The molecule has 0 aromatic heterocycles. The van der Waals surface area contributed by atoms with Gasteiger partial charge in [0.2, 0.25) is 0 Å². The van der Waals surface area contributed by atoms with Crippen molar-refractivity contribution in [2.75, 3.05) is 13.1 Å². The quantitative estimate of drug-likeness (QED) is 0.764. The molecule has 0 spiro atoms. The molecule has 0 aliphatic carbocycles. The second-order valence-electron chi connectivity index (χ2n) is 3.29. The standard InChI is InChI=1S/C8H17N2.Y/c1-7(2)10-8-4-3-5-9-6-8;/h7-8,10H,3-6H2,1-2H3;/q-1;. The van der Waals surface area contributed by atoms with Crippen LogP contribution >= 0.6 is 0 Å². The normalized spacial score (nSPS) is 24.8. The maximum absolute atomic E-state index is 4.35. The van der Waals surface area contributed by atoms with Crippen molar-refractivity contribution in [2.45, 2.75) is 38.8 Å². The summed E-state index contributed by atoms with van der Waals surface area (Å²) < 4.78 is 0. The molecule has 1 atom stereocenters. The van der Waals surface area contributed by atoms with Gasteiger partial charge in [-0.15, -0.1) is 13.1 Å². The van der Waals surface area contributed by atoms with Crippen molar-refractivity contribution in [1.82, 2.24) is 5.32 Å². The number of hydrogen-bond acceptors (Lipinski definition) is 1. The van der Waals surface area contributed by atoms with Crippen molar-refractivity contribution in [3.05, 3.63) is 5.32 Å². The van der Waals surface area contributed by atoms with Gasteiger partial charge in [0.05, 0.1) is 0 Å². The van der Waals surface area contributed by atoms with Crippen LogP contribution in [0.5, 0.6) is 0 Å². The van der Waals surface area contributed by atoms with Gasteiger partial charge >= 0.3 is 0 Å². The van der Waals surface area contributed by atoms with E-state index >= 15 is 0 Å². The zero-order valence-electron chi connectivity index (χ0n) is 7.51. The topological polar surface area (TPSA) is 26.1 Å². The fourth-order valence-corrected chi connectivity index (χ4v) is 1.40. The van der Waals surface area contributed by atoms with Gasteiger partial charge in [-0.2, -0.15) is 0 Å². The van der Waals surface area contributed by atoms with Gasteiger partial charge in [-0.3, -0.25) is 0 Å². The Balaban J connectivity index is 0.000001000. The van der Waals surface area contributed by atoms with Gasteiger partial charge in [0, 0.05) is 38.8 Å². The molecule has 0 saturated carbocycles. The summed E-state index contributed by atoms with van der Waals surface area (Å²) in [5.41, 5.74) is 0. The third-order valence-electron chi connectivity index (χ3n) is 1.79. The third-order valence-corrected chi connectivity index (χ3v) is 1.79. The molecule has 1 saturated heterocycles. The molecule has 0 aromatic carbocycles. The largest absolute Gasteiger partial charge is 0.661 e. The predicted octanol–water partition coefficient (Wildman–Crippen LogP) is 1.52. The molecule has 1 unspecified atom stereocenters. The Bertz CT molecular complexity index is 90.1. The van der Waals surface area contributed by atoms with Gasteiger partial charge in [-0.05, 0) is 12.5 Å². The molecule has 11 heavy (non-hydrogen) atoms. The molecule has 1 aliphatic heterocycles. The first-order chi connectivity index (χ1) is 4.79. The average molecular weight is 230 g/mol. The number of piperidine rings is 1. The molecule has 1 N–H and O–H groups in total. The molecule has 1 rings (SSSR count). The van der Waals surface area contributed by atoms with Crippen LogP contribution in [-0.2, 0) is 32.7 Å². The smallest absolute Gasteiger partial charge is 0.00122 e. The Kier molecular flexibility index (Phi) is 7.14. The van der Waals surface area contributed by atoms with E-state index < -0.39 is 0 Å². The number of rotatable bonds is 2. The summed E-state index contributed by atoms with van der Waals surface area (Å²) in [4.78, 5) is 0. The monoisotopic (exact) mass is 230 g/mol. The van der Waals surface area contributed by atoms with Crippen LogP contribution in [0.15, 0.2) is 0 Å². The van der Waals surface area contributed by atoms with Crippen LogP contribution in [0.4, 0.5) is 0 Å². The summed E-state index contributed by atoms with van der Waals surface area (Å²) in [5.74, 6) is 0. The molecule has 63 valence electrons. The fourth-order valence-electron chi connectivity index (χ4n) is 1.40. The van der Waals surface area contributed by atoms with Gasteiger partial charge in [-0.25, -0.2) is 0 Å². The molecular formula is C8H17N2Y-. The van der Waals surface area contributed by atoms with Crippen LogP contribution in [0.3, 0.4) is 0 Å².